The van der Waals surface area contributed by atoms with Crippen LogP contribution in [0, 0.1) is 11.3 Å². The van der Waals surface area contributed by atoms with Crippen molar-refractivity contribution in [2.75, 3.05) is 13.6 Å². The topological polar surface area (TPSA) is 61.9 Å². The van der Waals surface area contributed by atoms with Crippen LogP contribution in [0.5, 0.6) is 0 Å². The first kappa shape index (κ1) is 11.9. The quantitative estimate of drug-likeness (QED) is 0.763. The van der Waals surface area contributed by atoms with E-state index in [0.717, 1.165) is 5.69 Å². The molecule has 18 heavy (non-hydrogen) atoms. The van der Waals surface area contributed by atoms with Gasteiger partial charge in [0.2, 0.25) is 0 Å². The molecule has 1 amide bonds. The minimum absolute atomic E-state index is 0.0526. The highest BCUT2D eigenvalue weighted by Crippen LogP contribution is 2.08. The molecule has 2 rings (SSSR count). The molecule has 1 heterocycles. The number of para-hydroxylation sites is 1. The molecule has 0 atom stereocenters. The van der Waals surface area contributed by atoms with Crippen LogP contribution in [0.25, 0.3) is 5.69 Å². The third-order valence-corrected chi connectivity index (χ3v) is 2.48. The zero-order valence-corrected chi connectivity index (χ0v) is 9.95. The summed E-state index contributed by atoms with van der Waals surface area (Å²) >= 11 is 0. The summed E-state index contributed by atoms with van der Waals surface area (Å²) in [6.45, 7) is 0.0526. The van der Waals surface area contributed by atoms with Crippen LogP contribution in [0.3, 0.4) is 0 Å². The number of benzene rings is 1. The lowest BCUT2D eigenvalue weighted by molar-refractivity contribution is 0.0806. The van der Waals surface area contributed by atoms with E-state index in [0.29, 0.717) is 5.69 Å². The maximum Gasteiger partial charge on any atom is 0.274 e. The van der Waals surface area contributed by atoms with Crippen molar-refractivity contribution in [3.05, 3.63) is 48.3 Å². The Morgan fingerprint density at radius 2 is 2.11 bits per heavy atom. The number of carbonyl (C=O) groups is 1. The van der Waals surface area contributed by atoms with E-state index in [9.17, 15) is 4.79 Å². The van der Waals surface area contributed by atoms with Gasteiger partial charge in [0.05, 0.1) is 11.8 Å². The van der Waals surface area contributed by atoms with Crippen LogP contribution in [0.15, 0.2) is 42.6 Å². The second kappa shape index (κ2) is 5.15. The fraction of sp³-hybridized carbons (Fsp3) is 0.154. The van der Waals surface area contributed by atoms with Crippen LogP contribution in [0.2, 0.25) is 0 Å². The van der Waals surface area contributed by atoms with Crippen LogP contribution in [0.1, 0.15) is 10.5 Å². The average molecular weight is 240 g/mol. The van der Waals surface area contributed by atoms with E-state index in [1.165, 1.54) is 4.90 Å². The summed E-state index contributed by atoms with van der Waals surface area (Å²) in [7, 11) is 1.58. The Morgan fingerprint density at radius 3 is 2.78 bits per heavy atom. The number of rotatable bonds is 3. The fourth-order valence-corrected chi connectivity index (χ4v) is 1.54. The zero-order chi connectivity index (χ0) is 13.0. The molecule has 0 radical (unpaired) electrons. The third-order valence-electron chi connectivity index (χ3n) is 2.48. The smallest absolute Gasteiger partial charge is 0.274 e. The fourth-order valence-electron chi connectivity index (χ4n) is 1.54. The molecular weight excluding hydrogens is 228 g/mol. The molecule has 0 fully saturated rings. The highest BCUT2D eigenvalue weighted by molar-refractivity contribution is 5.92. The van der Waals surface area contributed by atoms with Gasteiger partial charge in [-0.1, -0.05) is 18.2 Å². The Morgan fingerprint density at radius 1 is 1.39 bits per heavy atom. The lowest BCUT2D eigenvalue weighted by Crippen LogP contribution is -2.27. The van der Waals surface area contributed by atoms with E-state index in [2.05, 4.69) is 5.10 Å². The summed E-state index contributed by atoms with van der Waals surface area (Å²) in [5.74, 6) is -0.258. The van der Waals surface area contributed by atoms with Crippen molar-refractivity contribution in [2.24, 2.45) is 0 Å². The molecule has 0 N–H and O–H groups in total. The first-order valence-corrected chi connectivity index (χ1v) is 5.46. The second-order valence-electron chi connectivity index (χ2n) is 3.80. The first-order valence-electron chi connectivity index (χ1n) is 5.46. The van der Waals surface area contributed by atoms with E-state index in [1.807, 2.05) is 36.4 Å². The molecule has 1 aromatic heterocycles. The standard InChI is InChI=1S/C13H12N4O/c1-16(10-8-14)13(18)12-7-9-17(15-12)11-5-3-2-4-6-11/h2-7,9H,10H2,1H3. The molecule has 0 saturated carbocycles. The molecule has 0 saturated heterocycles. The van der Waals surface area contributed by atoms with Gasteiger partial charge in [-0.25, -0.2) is 4.68 Å². The van der Waals surface area contributed by atoms with Gasteiger partial charge in [0, 0.05) is 13.2 Å². The van der Waals surface area contributed by atoms with Crippen molar-refractivity contribution < 1.29 is 4.79 Å². The summed E-state index contributed by atoms with van der Waals surface area (Å²) in [5, 5.41) is 12.7. The summed E-state index contributed by atoms with van der Waals surface area (Å²) < 4.78 is 1.63. The number of carbonyl (C=O) groups excluding carboxylic acids is 1. The van der Waals surface area contributed by atoms with Gasteiger partial charge < -0.3 is 4.90 Å². The first-order chi connectivity index (χ1) is 8.72. The molecular formula is C13H12N4O. The Bertz CT molecular complexity index is 583. The van der Waals surface area contributed by atoms with Crippen molar-refractivity contribution in [3.63, 3.8) is 0 Å². The number of aromatic nitrogens is 2. The Kier molecular flexibility index (Phi) is 3.39. The minimum atomic E-state index is -0.258. The molecule has 0 aliphatic heterocycles. The van der Waals surface area contributed by atoms with Crippen molar-refractivity contribution in [2.45, 2.75) is 0 Å². The van der Waals surface area contributed by atoms with E-state index in [-0.39, 0.29) is 12.5 Å². The van der Waals surface area contributed by atoms with Gasteiger partial charge in [0.1, 0.15) is 6.54 Å². The predicted molar refractivity (Wildman–Crippen MR) is 66.1 cm³/mol. The van der Waals surface area contributed by atoms with Gasteiger partial charge in [0.15, 0.2) is 5.69 Å². The van der Waals surface area contributed by atoms with Crippen LogP contribution < -0.4 is 0 Å². The molecule has 5 nitrogen and oxygen atoms in total. The summed E-state index contributed by atoms with van der Waals surface area (Å²) in [4.78, 5) is 13.2. The van der Waals surface area contributed by atoms with Crippen molar-refractivity contribution >= 4 is 5.91 Å². The van der Waals surface area contributed by atoms with Gasteiger partial charge in [-0.05, 0) is 18.2 Å². The van der Waals surface area contributed by atoms with Crippen LogP contribution in [-0.2, 0) is 0 Å². The largest absolute Gasteiger partial charge is 0.327 e. The highest BCUT2D eigenvalue weighted by atomic mass is 16.2. The monoisotopic (exact) mass is 240 g/mol. The summed E-state index contributed by atoms with van der Waals surface area (Å²) in [6.07, 6.45) is 1.72. The maximum atomic E-state index is 11.9. The lowest BCUT2D eigenvalue weighted by atomic mass is 10.3. The van der Waals surface area contributed by atoms with E-state index >= 15 is 0 Å². The van der Waals surface area contributed by atoms with E-state index in [4.69, 9.17) is 5.26 Å². The molecule has 5 heteroatoms. The van der Waals surface area contributed by atoms with Crippen molar-refractivity contribution in [1.82, 2.24) is 14.7 Å². The van der Waals surface area contributed by atoms with Gasteiger partial charge in [-0.15, -0.1) is 0 Å². The van der Waals surface area contributed by atoms with Crippen LogP contribution in [0.4, 0.5) is 0 Å². The number of hydrogen-bond donors (Lipinski definition) is 0. The zero-order valence-electron chi connectivity index (χ0n) is 9.95. The molecule has 0 aliphatic rings. The highest BCUT2D eigenvalue weighted by Gasteiger charge is 2.14. The third kappa shape index (κ3) is 2.38. The molecule has 0 aliphatic carbocycles. The maximum absolute atomic E-state index is 11.9. The summed E-state index contributed by atoms with van der Waals surface area (Å²) in [5.41, 5.74) is 1.22. The van der Waals surface area contributed by atoms with E-state index < -0.39 is 0 Å². The molecule has 90 valence electrons. The van der Waals surface area contributed by atoms with Crippen molar-refractivity contribution in [3.8, 4) is 11.8 Å². The van der Waals surface area contributed by atoms with Crippen molar-refractivity contribution in [1.29, 1.82) is 5.26 Å². The Hall–Kier alpha value is -2.61. The van der Waals surface area contributed by atoms with Crippen LogP contribution in [-0.4, -0.2) is 34.2 Å². The van der Waals surface area contributed by atoms with Gasteiger partial charge >= 0.3 is 0 Å². The molecule has 0 spiro atoms. The normalized spacial score (nSPS) is 9.78. The number of hydrogen-bond acceptors (Lipinski definition) is 3. The van der Waals surface area contributed by atoms with Gasteiger partial charge in [-0.2, -0.15) is 10.4 Å². The summed E-state index contributed by atoms with van der Waals surface area (Å²) in [6, 6.07) is 13.1. The van der Waals surface area contributed by atoms with Gasteiger partial charge in [0.25, 0.3) is 5.91 Å². The molecule has 1 aromatic carbocycles. The number of amides is 1. The predicted octanol–water partition coefficient (Wildman–Crippen LogP) is 1.47. The molecule has 0 unspecified atom stereocenters. The van der Waals surface area contributed by atoms with Gasteiger partial charge in [-0.3, -0.25) is 4.79 Å². The Labute approximate surface area is 105 Å². The minimum Gasteiger partial charge on any atom is -0.327 e. The molecule has 0 bridgehead atoms. The van der Waals surface area contributed by atoms with E-state index in [1.54, 1.807) is 24.0 Å². The number of nitriles is 1. The molecule has 2 aromatic rings. The number of nitrogens with zero attached hydrogens (tertiary/aromatic N) is 4. The van der Waals surface area contributed by atoms with Crippen LogP contribution >= 0.6 is 0 Å². The average Bonchev–Trinajstić information content (AvgIpc) is 2.89. The SMILES string of the molecule is CN(CC#N)C(=O)c1ccn(-c2ccccc2)n1. The lowest BCUT2D eigenvalue weighted by Gasteiger charge is -2.10. The Balaban J connectivity index is 2.22. The second-order valence-corrected chi connectivity index (χ2v) is 3.80.